The molecule has 0 aliphatic carbocycles. The molecule has 2 aromatic heterocycles. The summed E-state index contributed by atoms with van der Waals surface area (Å²) in [6, 6.07) is 8.13. The van der Waals surface area contributed by atoms with Crippen LogP contribution in [0.15, 0.2) is 36.3 Å². The van der Waals surface area contributed by atoms with Crippen LogP contribution in [0.3, 0.4) is 0 Å². The number of fused-ring (bicyclic) bond motifs is 2. The zero-order valence-corrected chi connectivity index (χ0v) is 17.0. The Labute approximate surface area is 170 Å². The molecule has 0 saturated heterocycles. The Hall–Kier alpha value is -2.42. The molecule has 5 rings (SSSR count). The summed E-state index contributed by atoms with van der Waals surface area (Å²) in [7, 11) is 2.12. The molecule has 4 heterocycles. The molecular weight excluding hydrogens is 394 g/mol. The summed E-state index contributed by atoms with van der Waals surface area (Å²) in [6.45, 7) is 2.73. The monoisotopic (exact) mass is 413 g/mol. The molecule has 6 nitrogen and oxygen atoms in total. The van der Waals surface area contributed by atoms with Gasteiger partial charge in [-0.2, -0.15) is 0 Å². The minimum Gasteiger partial charge on any atom is -0.494 e. The third-order valence-electron chi connectivity index (χ3n) is 4.86. The van der Waals surface area contributed by atoms with Crippen molar-refractivity contribution in [2.24, 2.45) is 0 Å². The second kappa shape index (κ2) is 7.20. The van der Waals surface area contributed by atoms with E-state index in [9.17, 15) is 4.79 Å². The summed E-state index contributed by atoms with van der Waals surface area (Å²) in [4.78, 5) is 21.1. The Kier molecular flexibility index (Phi) is 4.54. The van der Waals surface area contributed by atoms with Crippen LogP contribution in [0.1, 0.15) is 10.4 Å². The number of nitrogens with one attached hydrogen (secondary N) is 1. The van der Waals surface area contributed by atoms with E-state index in [0.717, 1.165) is 45.3 Å². The number of hydrogen-bond acceptors (Lipinski definition) is 7. The molecule has 2 aliphatic rings. The molecule has 2 aliphatic heterocycles. The lowest BCUT2D eigenvalue weighted by Gasteiger charge is -2.22. The van der Waals surface area contributed by atoms with Gasteiger partial charge in [0.2, 0.25) is 5.76 Å². The van der Waals surface area contributed by atoms with E-state index in [-0.39, 0.29) is 11.7 Å². The highest BCUT2D eigenvalue weighted by Crippen LogP contribution is 2.45. The maximum Gasteiger partial charge on any atom is 0.294 e. The Morgan fingerprint density at radius 3 is 2.96 bits per heavy atom. The quantitative estimate of drug-likeness (QED) is 0.707. The van der Waals surface area contributed by atoms with Crippen molar-refractivity contribution in [3.8, 4) is 10.6 Å². The Bertz CT molecular complexity index is 1050. The number of thiazole rings is 1. The highest BCUT2D eigenvalue weighted by molar-refractivity contribution is 7.22. The van der Waals surface area contributed by atoms with Gasteiger partial charge >= 0.3 is 0 Å². The first-order valence-electron chi connectivity index (χ1n) is 9.14. The first-order chi connectivity index (χ1) is 13.7. The van der Waals surface area contributed by atoms with Crippen molar-refractivity contribution in [3.05, 3.63) is 46.7 Å². The van der Waals surface area contributed by atoms with Crippen LogP contribution in [-0.4, -0.2) is 42.6 Å². The third-order valence-corrected chi connectivity index (χ3v) is 7.04. The number of para-hydroxylation sites is 1. The number of carbonyl (C=O) groups is 1. The maximum absolute atomic E-state index is 12.7. The van der Waals surface area contributed by atoms with Crippen LogP contribution < -0.4 is 5.32 Å². The summed E-state index contributed by atoms with van der Waals surface area (Å²) in [5.74, 6) is -0.0704. The van der Waals surface area contributed by atoms with Crippen LogP contribution in [-0.2, 0) is 27.2 Å². The molecule has 0 spiro atoms. The maximum atomic E-state index is 12.7. The van der Waals surface area contributed by atoms with Crippen LogP contribution >= 0.6 is 22.7 Å². The van der Waals surface area contributed by atoms with Crippen molar-refractivity contribution in [1.29, 1.82) is 0 Å². The predicted molar refractivity (Wildman–Crippen MR) is 112 cm³/mol. The van der Waals surface area contributed by atoms with Crippen molar-refractivity contribution < 1.29 is 14.3 Å². The molecule has 144 valence electrons. The average Bonchev–Trinajstić information content (AvgIpc) is 3.28. The number of benzene rings is 1. The fraction of sp³-hybridized carbons (Fsp3) is 0.300. The molecule has 0 bridgehead atoms. The van der Waals surface area contributed by atoms with E-state index in [2.05, 4.69) is 23.3 Å². The number of anilines is 1. The predicted octanol–water partition coefficient (Wildman–Crippen LogP) is 3.84. The van der Waals surface area contributed by atoms with Gasteiger partial charge in [-0.15, -0.1) is 22.7 Å². The normalized spacial score (nSPS) is 16.8. The first-order valence-corrected chi connectivity index (χ1v) is 10.8. The van der Waals surface area contributed by atoms with E-state index in [4.69, 9.17) is 14.5 Å². The second-order valence-electron chi connectivity index (χ2n) is 6.84. The highest BCUT2D eigenvalue weighted by atomic mass is 32.1. The van der Waals surface area contributed by atoms with Gasteiger partial charge in [0, 0.05) is 23.5 Å². The van der Waals surface area contributed by atoms with Crippen LogP contribution in [0.4, 0.5) is 5.00 Å². The Morgan fingerprint density at radius 1 is 1.25 bits per heavy atom. The van der Waals surface area contributed by atoms with Crippen molar-refractivity contribution in [2.75, 3.05) is 32.1 Å². The molecule has 0 radical (unpaired) electrons. The number of nitrogens with zero attached hydrogens (tertiary/aromatic N) is 2. The van der Waals surface area contributed by atoms with Crippen LogP contribution in [0.25, 0.3) is 20.8 Å². The number of hydrogen-bond donors (Lipinski definition) is 1. The summed E-state index contributed by atoms with van der Waals surface area (Å²) < 4.78 is 11.8. The molecule has 1 aromatic carbocycles. The average molecular weight is 414 g/mol. The standard InChI is InChI=1S/C20H19N3O3S2/c1-23-7-6-12-16(10-23)28-20(22-18(24)14-11-25-8-9-26-14)17(12)19-21-13-4-2-3-5-15(13)27-19/h2-5,11H,6-10H2,1H3,(H,22,24). The number of aromatic nitrogens is 1. The van der Waals surface area contributed by atoms with Gasteiger partial charge in [0.15, 0.2) is 0 Å². The number of ether oxygens (including phenoxy) is 2. The summed E-state index contributed by atoms with van der Waals surface area (Å²) in [6.07, 6.45) is 2.34. The number of thiophene rings is 1. The second-order valence-corrected chi connectivity index (χ2v) is 8.97. The molecule has 8 heteroatoms. The lowest BCUT2D eigenvalue weighted by atomic mass is 10.0. The molecule has 0 fully saturated rings. The molecule has 0 unspecified atom stereocenters. The fourth-order valence-corrected chi connectivity index (χ4v) is 5.91. The minimum absolute atomic E-state index is 0.213. The number of rotatable bonds is 3. The molecule has 0 saturated carbocycles. The number of carbonyl (C=O) groups excluding carboxylic acids is 1. The topological polar surface area (TPSA) is 63.7 Å². The van der Waals surface area contributed by atoms with Crippen LogP contribution in [0, 0.1) is 0 Å². The van der Waals surface area contributed by atoms with Gasteiger partial charge in [0.25, 0.3) is 5.91 Å². The van der Waals surface area contributed by atoms with Crippen molar-refractivity contribution in [1.82, 2.24) is 9.88 Å². The number of amides is 1. The lowest BCUT2D eigenvalue weighted by Crippen LogP contribution is -2.25. The van der Waals surface area contributed by atoms with Gasteiger partial charge in [-0.3, -0.25) is 4.79 Å². The van der Waals surface area contributed by atoms with Crippen LogP contribution in [0.2, 0.25) is 0 Å². The third kappa shape index (κ3) is 3.17. The molecular formula is C20H19N3O3S2. The molecule has 0 atom stereocenters. The van der Waals surface area contributed by atoms with Gasteiger partial charge in [-0.25, -0.2) is 4.98 Å². The van der Waals surface area contributed by atoms with Crippen molar-refractivity contribution in [2.45, 2.75) is 13.0 Å². The summed E-state index contributed by atoms with van der Waals surface area (Å²) in [5.41, 5.74) is 3.34. The highest BCUT2D eigenvalue weighted by Gasteiger charge is 2.27. The molecule has 1 N–H and O–H groups in total. The van der Waals surface area contributed by atoms with Gasteiger partial charge in [0.05, 0.1) is 10.2 Å². The molecule has 1 amide bonds. The van der Waals surface area contributed by atoms with E-state index >= 15 is 0 Å². The van der Waals surface area contributed by atoms with E-state index < -0.39 is 0 Å². The summed E-state index contributed by atoms with van der Waals surface area (Å²) in [5, 5.41) is 4.83. The Morgan fingerprint density at radius 2 is 2.14 bits per heavy atom. The van der Waals surface area contributed by atoms with E-state index in [0.29, 0.717) is 13.2 Å². The van der Waals surface area contributed by atoms with E-state index in [1.807, 2.05) is 18.2 Å². The fourth-order valence-electron chi connectivity index (χ4n) is 3.48. The van der Waals surface area contributed by atoms with E-state index in [1.54, 1.807) is 22.7 Å². The molecule has 3 aromatic rings. The van der Waals surface area contributed by atoms with E-state index in [1.165, 1.54) is 16.7 Å². The number of likely N-dealkylation sites (N-methyl/N-ethyl adjacent to an activating group) is 1. The largest absolute Gasteiger partial charge is 0.494 e. The minimum atomic E-state index is -0.283. The van der Waals surface area contributed by atoms with Gasteiger partial charge in [-0.1, -0.05) is 12.1 Å². The van der Waals surface area contributed by atoms with Gasteiger partial charge in [-0.05, 0) is 31.2 Å². The van der Waals surface area contributed by atoms with Gasteiger partial charge in [0.1, 0.15) is 29.5 Å². The zero-order chi connectivity index (χ0) is 19.1. The van der Waals surface area contributed by atoms with Gasteiger partial charge < -0.3 is 19.7 Å². The first kappa shape index (κ1) is 17.7. The SMILES string of the molecule is CN1CCc2c(sc(NC(=O)C3=COCCO3)c2-c2nc3ccccc3s2)C1. The van der Waals surface area contributed by atoms with Crippen molar-refractivity contribution in [3.63, 3.8) is 0 Å². The zero-order valence-electron chi connectivity index (χ0n) is 15.4. The Balaban J connectivity index is 1.58. The smallest absolute Gasteiger partial charge is 0.294 e. The summed E-state index contributed by atoms with van der Waals surface area (Å²) >= 11 is 3.30. The lowest BCUT2D eigenvalue weighted by molar-refractivity contribution is -0.117. The van der Waals surface area contributed by atoms with Crippen molar-refractivity contribution >= 4 is 43.8 Å². The van der Waals surface area contributed by atoms with Crippen LogP contribution in [0.5, 0.6) is 0 Å². The molecule has 28 heavy (non-hydrogen) atoms.